The van der Waals surface area contributed by atoms with Gasteiger partial charge in [0.25, 0.3) is 0 Å². The SMILES string of the molecule is Cc1cc(C)c(CNC(=O)NC(C)CCCO)c(C)c1. The second kappa shape index (κ2) is 7.90. The maximum Gasteiger partial charge on any atom is 0.315 e. The minimum absolute atomic E-state index is 0.0716. The summed E-state index contributed by atoms with van der Waals surface area (Å²) in [5.41, 5.74) is 4.83. The number of rotatable bonds is 6. The molecule has 4 heteroatoms. The van der Waals surface area contributed by atoms with Gasteiger partial charge in [-0.15, -0.1) is 0 Å². The highest BCUT2D eigenvalue weighted by molar-refractivity contribution is 5.74. The van der Waals surface area contributed by atoms with E-state index in [2.05, 4.69) is 43.5 Å². The molecule has 20 heavy (non-hydrogen) atoms. The van der Waals surface area contributed by atoms with Crippen LogP contribution in [-0.4, -0.2) is 23.8 Å². The van der Waals surface area contributed by atoms with Crippen molar-refractivity contribution in [2.45, 2.75) is 53.1 Å². The zero-order valence-electron chi connectivity index (χ0n) is 12.9. The van der Waals surface area contributed by atoms with Crippen molar-refractivity contribution in [1.82, 2.24) is 10.6 Å². The van der Waals surface area contributed by atoms with Crippen LogP contribution in [0.4, 0.5) is 4.79 Å². The van der Waals surface area contributed by atoms with Crippen LogP contribution in [0.2, 0.25) is 0 Å². The molecule has 4 nitrogen and oxygen atoms in total. The highest BCUT2D eigenvalue weighted by atomic mass is 16.3. The molecule has 0 aromatic heterocycles. The second-order valence-corrected chi connectivity index (χ2v) is 5.47. The Bertz CT molecular complexity index is 435. The zero-order valence-corrected chi connectivity index (χ0v) is 12.9. The topological polar surface area (TPSA) is 61.4 Å². The summed E-state index contributed by atoms with van der Waals surface area (Å²) < 4.78 is 0. The molecule has 0 aliphatic carbocycles. The Morgan fingerprint density at radius 1 is 1.25 bits per heavy atom. The van der Waals surface area contributed by atoms with Crippen LogP contribution in [-0.2, 0) is 6.54 Å². The molecule has 1 rings (SSSR count). The molecule has 1 aromatic carbocycles. The van der Waals surface area contributed by atoms with Gasteiger partial charge in [0.1, 0.15) is 0 Å². The first-order valence-electron chi connectivity index (χ1n) is 7.16. The maximum atomic E-state index is 11.8. The van der Waals surface area contributed by atoms with Gasteiger partial charge in [0.15, 0.2) is 0 Å². The van der Waals surface area contributed by atoms with Crippen LogP contribution >= 0.6 is 0 Å². The number of hydrogen-bond acceptors (Lipinski definition) is 2. The summed E-state index contributed by atoms with van der Waals surface area (Å²) in [6.45, 7) is 8.86. The van der Waals surface area contributed by atoms with Crippen molar-refractivity contribution >= 4 is 6.03 Å². The van der Waals surface area contributed by atoms with E-state index < -0.39 is 0 Å². The number of aryl methyl sites for hydroxylation is 3. The van der Waals surface area contributed by atoms with Crippen molar-refractivity contribution in [1.29, 1.82) is 0 Å². The first-order chi connectivity index (χ1) is 9.43. The number of hydrogen-bond donors (Lipinski definition) is 3. The minimum atomic E-state index is -0.158. The molecule has 1 unspecified atom stereocenters. The van der Waals surface area contributed by atoms with Crippen LogP contribution in [0, 0.1) is 20.8 Å². The van der Waals surface area contributed by atoms with E-state index in [1.165, 1.54) is 22.3 Å². The van der Waals surface area contributed by atoms with E-state index >= 15 is 0 Å². The van der Waals surface area contributed by atoms with Crippen LogP contribution in [0.15, 0.2) is 12.1 Å². The van der Waals surface area contributed by atoms with Crippen molar-refractivity contribution in [2.75, 3.05) is 6.61 Å². The van der Waals surface area contributed by atoms with Crippen LogP contribution in [0.25, 0.3) is 0 Å². The summed E-state index contributed by atoms with van der Waals surface area (Å²) in [5.74, 6) is 0. The van der Waals surface area contributed by atoms with E-state index in [4.69, 9.17) is 5.11 Å². The molecule has 2 amide bonds. The largest absolute Gasteiger partial charge is 0.396 e. The Morgan fingerprint density at radius 2 is 1.85 bits per heavy atom. The fraction of sp³-hybridized carbons (Fsp3) is 0.562. The van der Waals surface area contributed by atoms with Gasteiger partial charge >= 0.3 is 6.03 Å². The molecule has 0 saturated carbocycles. The summed E-state index contributed by atoms with van der Waals surface area (Å²) in [7, 11) is 0. The number of nitrogens with one attached hydrogen (secondary N) is 2. The number of aliphatic hydroxyl groups excluding tert-OH is 1. The molecular formula is C16H26N2O2. The van der Waals surface area contributed by atoms with Gasteiger partial charge in [-0.3, -0.25) is 0 Å². The fourth-order valence-corrected chi connectivity index (χ4v) is 2.40. The number of aliphatic hydroxyl groups is 1. The Morgan fingerprint density at radius 3 is 2.40 bits per heavy atom. The van der Waals surface area contributed by atoms with E-state index in [-0.39, 0.29) is 18.7 Å². The third-order valence-corrected chi connectivity index (χ3v) is 3.44. The molecule has 0 heterocycles. The molecule has 0 fully saturated rings. The predicted molar refractivity (Wildman–Crippen MR) is 81.8 cm³/mol. The average Bonchev–Trinajstić information content (AvgIpc) is 2.34. The van der Waals surface area contributed by atoms with Crippen molar-refractivity contribution in [3.63, 3.8) is 0 Å². The van der Waals surface area contributed by atoms with E-state index in [0.29, 0.717) is 13.0 Å². The van der Waals surface area contributed by atoms with Crippen molar-refractivity contribution < 1.29 is 9.90 Å². The summed E-state index contributed by atoms with van der Waals surface area (Å²) in [5, 5.41) is 14.5. The van der Waals surface area contributed by atoms with Crippen LogP contribution in [0.5, 0.6) is 0 Å². The van der Waals surface area contributed by atoms with E-state index in [9.17, 15) is 4.79 Å². The first-order valence-corrected chi connectivity index (χ1v) is 7.16. The van der Waals surface area contributed by atoms with Gasteiger partial charge in [-0.2, -0.15) is 0 Å². The second-order valence-electron chi connectivity index (χ2n) is 5.47. The molecule has 0 radical (unpaired) electrons. The zero-order chi connectivity index (χ0) is 15.1. The average molecular weight is 278 g/mol. The lowest BCUT2D eigenvalue weighted by Gasteiger charge is -2.16. The minimum Gasteiger partial charge on any atom is -0.396 e. The normalized spacial score (nSPS) is 12.1. The lowest BCUT2D eigenvalue weighted by molar-refractivity contribution is 0.234. The molecule has 1 aromatic rings. The quantitative estimate of drug-likeness (QED) is 0.749. The van der Waals surface area contributed by atoms with E-state index in [0.717, 1.165) is 6.42 Å². The molecule has 0 saturated heterocycles. The number of carbonyl (C=O) groups is 1. The van der Waals surface area contributed by atoms with Crippen LogP contribution in [0.1, 0.15) is 42.0 Å². The van der Waals surface area contributed by atoms with Gasteiger partial charge < -0.3 is 15.7 Å². The third-order valence-electron chi connectivity index (χ3n) is 3.44. The van der Waals surface area contributed by atoms with Gasteiger partial charge in [-0.25, -0.2) is 4.79 Å². The predicted octanol–water partition coefficient (Wildman–Crippen LogP) is 2.57. The third kappa shape index (κ3) is 5.21. The molecule has 112 valence electrons. The van der Waals surface area contributed by atoms with Gasteiger partial charge in [0, 0.05) is 19.2 Å². The summed E-state index contributed by atoms with van der Waals surface area (Å²) in [6.07, 6.45) is 1.49. The van der Waals surface area contributed by atoms with Crippen LogP contribution in [0.3, 0.4) is 0 Å². The van der Waals surface area contributed by atoms with Gasteiger partial charge in [0.2, 0.25) is 0 Å². The lowest BCUT2D eigenvalue weighted by atomic mass is 10.00. The van der Waals surface area contributed by atoms with Crippen molar-refractivity contribution in [3.05, 3.63) is 34.4 Å². The molecule has 0 spiro atoms. The Labute approximate surface area is 121 Å². The highest BCUT2D eigenvalue weighted by Crippen LogP contribution is 2.15. The Balaban J connectivity index is 2.49. The van der Waals surface area contributed by atoms with E-state index in [1.807, 2.05) is 6.92 Å². The molecule has 0 aliphatic rings. The summed E-state index contributed by atoms with van der Waals surface area (Å²) in [6, 6.07) is 4.18. The fourth-order valence-electron chi connectivity index (χ4n) is 2.40. The Kier molecular flexibility index (Phi) is 6.52. The standard InChI is InChI=1S/C16H26N2O2/c1-11-8-12(2)15(13(3)9-11)10-17-16(20)18-14(4)6-5-7-19/h8-9,14,19H,5-7,10H2,1-4H3,(H2,17,18,20). The van der Waals surface area contributed by atoms with E-state index in [1.54, 1.807) is 0 Å². The number of carbonyl (C=O) groups excluding carboxylic acids is 1. The number of benzene rings is 1. The highest BCUT2D eigenvalue weighted by Gasteiger charge is 2.08. The number of urea groups is 1. The van der Waals surface area contributed by atoms with Crippen LogP contribution < -0.4 is 10.6 Å². The maximum absolute atomic E-state index is 11.8. The summed E-state index contributed by atoms with van der Waals surface area (Å²) in [4.78, 5) is 11.8. The van der Waals surface area contributed by atoms with Crippen molar-refractivity contribution in [2.24, 2.45) is 0 Å². The molecule has 1 atom stereocenters. The van der Waals surface area contributed by atoms with Gasteiger partial charge in [-0.05, 0) is 57.2 Å². The summed E-state index contributed by atoms with van der Waals surface area (Å²) >= 11 is 0. The van der Waals surface area contributed by atoms with Gasteiger partial charge in [-0.1, -0.05) is 17.7 Å². The Hall–Kier alpha value is -1.55. The molecule has 0 aliphatic heterocycles. The smallest absolute Gasteiger partial charge is 0.315 e. The molecular weight excluding hydrogens is 252 g/mol. The number of amides is 2. The van der Waals surface area contributed by atoms with Gasteiger partial charge in [0.05, 0.1) is 0 Å². The lowest BCUT2D eigenvalue weighted by Crippen LogP contribution is -2.40. The monoisotopic (exact) mass is 278 g/mol. The first kappa shape index (κ1) is 16.5. The molecule has 3 N–H and O–H groups in total. The van der Waals surface area contributed by atoms with Crippen molar-refractivity contribution in [3.8, 4) is 0 Å². The molecule has 0 bridgehead atoms.